The number of para-hydroxylation sites is 1. The fourth-order valence-electron chi connectivity index (χ4n) is 3.47. The van der Waals surface area contributed by atoms with E-state index in [1.165, 1.54) is 36.3 Å². The van der Waals surface area contributed by atoms with Crippen LogP contribution in [0.2, 0.25) is 0 Å². The fourth-order valence-corrected chi connectivity index (χ4v) is 3.47. The van der Waals surface area contributed by atoms with E-state index in [1.54, 1.807) is 0 Å². The maximum absolute atomic E-state index is 12.1. The molecular formula is C17H26N3O+. The lowest BCUT2D eigenvalue weighted by Crippen LogP contribution is -3.16. The second-order valence-corrected chi connectivity index (χ2v) is 6.30. The highest BCUT2D eigenvalue weighted by atomic mass is 16.2. The number of amides is 1. The molecule has 1 aliphatic carbocycles. The van der Waals surface area contributed by atoms with Crippen molar-refractivity contribution in [2.24, 2.45) is 0 Å². The van der Waals surface area contributed by atoms with Gasteiger partial charge in [0, 0.05) is 11.7 Å². The topological polar surface area (TPSA) is 36.8 Å². The van der Waals surface area contributed by atoms with Crippen LogP contribution < -0.4 is 15.1 Å². The molecule has 0 radical (unpaired) electrons. The Morgan fingerprint density at radius 3 is 2.48 bits per heavy atom. The standard InChI is InChI=1S/C17H25N3O/c21-17(18-15-6-4-5-7-15)14-19-10-12-20(13-11-19)16-8-2-1-3-9-16/h1-3,8-9,15H,4-7,10-14H2,(H,18,21)/p+1. The van der Waals surface area contributed by atoms with Gasteiger partial charge in [0.15, 0.2) is 6.54 Å². The lowest BCUT2D eigenvalue weighted by Gasteiger charge is -2.33. The van der Waals surface area contributed by atoms with Crippen LogP contribution >= 0.6 is 0 Å². The van der Waals surface area contributed by atoms with Crippen LogP contribution in [-0.2, 0) is 4.79 Å². The molecule has 1 aliphatic heterocycles. The third-order valence-electron chi connectivity index (χ3n) is 4.72. The maximum Gasteiger partial charge on any atom is 0.275 e. The normalized spacial score (nSPS) is 20.7. The first-order valence-electron chi connectivity index (χ1n) is 8.24. The SMILES string of the molecule is O=C(C[NH+]1CCN(c2ccccc2)CC1)NC1CCCC1. The number of quaternary nitrogens is 1. The molecule has 3 rings (SSSR count). The van der Waals surface area contributed by atoms with Crippen molar-refractivity contribution in [2.45, 2.75) is 31.7 Å². The first-order chi connectivity index (χ1) is 10.3. The smallest absolute Gasteiger partial charge is 0.275 e. The summed E-state index contributed by atoms with van der Waals surface area (Å²) in [5.74, 6) is 0.241. The Bertz CT molecular complexity index is 448. The molecule has 1 heterocycles. The summed E-state index contributed by atoms with van der Waals surface area (Å²) in [5, 5.41) is 3.20. The summed E-state index contributed by atoms with van der Waals surface area (Å²) in [6, 6.07) is 11.0. The Morgan fingerprint density at radius 2 is 1.81 bits per heavy atom. The Morgan fingerprint density at radius 1 is 1.14 bits per heavy atom. The average molecular weight is 288 g/mol. The minimum Gasteiger partial charge on any atom is -0.360 e. The van der Waals surface area contributed by atoms with Crippen molar-refractivity contribution in [3.63, 3.8) is 0 Å². The highest BCUT2D eigenvalue weighted by molar-refractivity contribution is 5.77. The number of rotatable bonds is 4. The summed E-state index contributed by atoms with van der Waals surface area (Å²) in [5.41, 5.74) is 1.30. The van der Waals surface area contributed by atoms with E-state index in [2.05, 4.69) is 40.5 Å². The first-order valence-corrected chi connectivity index (χ1v) is 8.24. The summed E-state index contributed by atoms with van der Waals surface area (Å²) in [6.45, 7) is 4.81. The van der Waals surface area contributed by atoms with Gasteiger partial charge in [-0.1, -0.05) is 31.0 Å². The van der Waals surface area contributed by atoms with Crippen LogP contribution in [0.4, 0.5) is 5.69 Å². The average Bonchev–Trinajstić information content (AvgIpc) is 3.02. The molecule has 1 saturated heterocycles. The van der Waals surface area contributed by atoms with Gasteiger partial charge in [-0.15, -0.1) is 0 Å². The predicted octanol–water partition coefficient (Wildman–Crippen LogP) is 0.450. The Balaban J connectivity index is 1.42. The summed E-state index contributed by atoms with van der Waals surface area (Å²) in [6.07, 6.45) is 4.88. The van der Waals surface area contributed by atoms with Gasteiger partial charge in [0.2, 0.25) is 0 Å². The number of hydrogen-bond acceptors (Lipinski definition) is 2. The molecule has 0 spiro atoms. The largest absolute Gasteiger partial charge is 0.360 e. The van der Waals surface area contributed by atoms with Gasteiger partial charge in [0.05, 0.1) is 26.2 Å². The van der Waals surface area contributed by atoms with E-state index in [4.69, 9.17) is 0 Å². The van der Waals surface area contributed by atoms with Gasteiger partial charge < -0.3 is 15.1 Å². The minimum absolute atomic E-state index is 0.241. The van der Waals surface area contributed by atoms with E-state index >= 15 is 0 Å². The summed E-state index contributed by atoms with van der Waals surface area (Å²) < 4.78 is 0. The van der Waals surface area contributed by atoms with Crippen LogP contribution in [0.5, 0.6) is 0 Å². The molecule has 4 nitrogen and oxygen atoms in total. The summed E-state index contributed by atoms with van der Waals surface area (Å²) in [7, 11) is 0. The van der Waals surface area contributed by atoms with Gasteiger partial charge in [-0.25, -0.2) is 0 Å². The molecule has 21 heavy (non-hydrogen) atoms. The quantitative estimate of drug-likeness (QED) is 0.844. The second kappa shape index (κ2) is 6.94. The van der Waals surface area contributed by atoms with Crippen molar-refractivity contribution in [3.05, 3.63) is 30.3 Å². The van der Waals surface area contributed by atoms with E-state index < -0.39 is 0 Å². The van der Waals surface area contributed by atoms with E-state index in [-0.39, 0.29) is 5.91 Å². The zero-order chi connectivity index (χ0) is 14.5. The molecule has 0 bridgehead atoms. The van der Waals surface area contributed by atoms with Gasteiger partial charge in [-0.2, -0.15) is 0 Å². The lowest BCUT2D eigenvalue weighted by molar-refractivity contribution is -0.892. The molecule has 2 N–H and O–H groups in total. The molecular weight excluding hydrogens is 262 g/mol. The predicted molar refractivity (Wildman–Crippen MR) is 84.6 cm³/mol. The minimum atomic E-state index is 0.241. The highest BCUT2D eigenvalue weighted by Crippen LogP contribution is 2.17. The van der Waals surface area contributed by atoms with Gasteiger partial charge >= 0.3 is 0 Å². The van der Waals surface area contributed by atoms with Gasteiger partial charge in [0.1, 0.15) is 0 Å². The third-order valence-corrected chi connectivity index (χ3v) is 4.72. The lowest BCUT2D eigenvalue weighted by atomic mass is 10.2. The molecule has 1 aromatic carbocycles. The van der Waals surface area contributed by atoms with Crippen LogP contribution in [0.15, 0.2) is 30.3 Å². The van der Waals surface area contributed by atoms with Gasteiger partial charge in [0.25, 0.3) is 5.91 Å². The molecule has 1 amide bonds. The molecule has 0 aromatic heterocycles. The van der Waals surface area contributed by atoms with Crippen molar-refractivity contribution in [1.82, 2.24) is 5.32 Å². The molecule has 0 unspecified atom stereocenters. The van der Waals surface area contributed by atoms with Crippen molar-refractivity contribution in [1.29, 1.82) is 0 Å². The molecule has 2 aliphatic rings. The van der Waals surface area contributed by atoms with E-state index in [0.29, 0.717) is 12.6 Å². The fraction of sp³-hybridized carbons (Fsp3) is 0.588. The second-order valence-electron chi connectivity index (χ2n) is 6.30. The number of anilines is 1. The summed E-state index contributed by atoms with van der Waals surface area (Å²) >= 11 is 0. The molecule has 114 valence electrons. The van der Waals surface area contributed by atoms with Crippen molar-refractivity contribution < 1.29 is 9.69 Å². The Labute approximate surface area is 127 Å². The zero-order valence-electron chi connectivity index (χ0n) is 12.7. The van der Waals surface area contributed by atoms with Crippen LogP contribution in [-0.4, -0.2) is 44.7 Å². The molecule has 2 fully saturated rings. The van der Waals surface area contributed by atoms with Gasteiger partial charge in [-0.3, -0.25) is 4.79 Å². The first kappa shape index (κ1) is 14.4. The Hall–Kier alpha value is -1.55. The molecule has 4 heteroatoms. The monoisotopic (exact) mass is 288 g/mol. The highest BCUT2D eigenvalue weighted by Gasteiger charge is 2.24. The van der Waals surface area contributed by atoms with Crippen LogP contribution in [0.25, 0.3) is 0 Å². The van der Waals surface area contributed by atoms with E-state index in [0.717, 1.165) is 26.2 Å². The van der Waals surface area contributed by atoms with Crippen molar-refractivity contribution in [3.8, 4) is 0 Å². The third kappa shape index (κ3) is 3.97. The van der Waals surface area contributed by atoms with E-state index in [9.17, 15) is 4.79 Å². The van der Waals surface area contributed by atoms with E-state index in [1.807, 2.05) is 0 Å². The molecule has 0 atom stereocenters. The van der Waals surface area contributed by atoms with Crippen molar-refractivity contribution >= 4 is 11.6 Å². The Kier molecular flexibility index (Phi) is 4.76. The number of nitrogens with zero attached hydrogens (tertiary/aromatic N) is 1. The molecule has 1 aromatic rings. The number of nitrogens with one attached hydrogen (secondary N) is 2. The van der Waals surface area contributed by atoms with Crippen LogP contribution in [0.1, 0.15) is 25.7 Å². The summed E-state index contributed by atoms with van der Waals surface area (Å²) in [4.78, 5) is 15.9. The number of piperazine rings is 1. The van der Waals surface area contributed by atoms with Crippen LogP contribution in [0.3, 0.4) is 0 Å². The zero-order valence-corrected chi connectivity index (χ0v) is 12.7. The molecule has 1 saturated carbocycles. The van der Waals surface area contributed by atoms with Crippen molar-refractivity contribution in [2.75, 3.05) is 37.6 Å². The van der Waals surface area contributed by atoms with Crippen LogP contribution in [0, 0.1) is 0 Å². The number of carbonyl (C=O) groups excluding carboxylic acids is 1. The number of carbonyl (C=O) groups is 1. The maximum atomic E-state index is 12.1. The number of benzene rings is 1. The van der Waals surface area contributed by atoms with Gasteiger partial charge in [-0.05, 0) is 25.0 Å². The number of hydrogen-bond donors (Lipinski definition) is 2.